The summed E-state index contributed by atoms with van der Waals surface area (Å²) in [5.74, 6) is -1.38. The molecule has 21 heavy (non-hydrogen) atoms. The standard InChI is InChI=1S/C16H16N2O3/c1-16(15(20)21,12-5-3-2-4-6-12)11-14(19)18-13-7-9-17-10-8-13/h2-10H,11H2,1H3,(H,20,21)(H,17,18,19). The molecule has 5 heteroatoms. The first-order valence-electron chi connectivity index (χ1n) is 6.51. The molecule has 0 aliphatic carbocycles. The molecule has 2 N–H and O–H groups in total. The van der Waals surface area contributed by atoms with Gasteiger partial charge < -0.3 is 10.4 Å². The summed E-state index contributed by atoms with van der Waals surface area (Å²) >= 11 is 0. The molecule has 0 aliphatic heterocycles. The van der Waals surface area contributed by atoms with Crippen LogP contribution in [0.3, 0.4) is 0 Å². The Kier molecular flexibility index (Phi) is 4.33. The maximum atomic E-state index is 12.1. The van der Waals surface area contributed by atoms with Crippen molar-refractivity contribution in [1.82, 2.24) is 4.98 Å². The summed E-state index contributed by atoms with van der Waals surface area (Å²) in [6, 6.07) is 12.1. The first-order valence-corrected chi connectivity index (χ1v) is 6.51. The summed E-state index contributed by atoms with van der Waals surface area (Å²) in [4.78, 5) is 27.6. The second-order valence-corrected chi connectivity index (χ2v) is 4.96. The zero-order valence-electron chi connectivity index (χ0n) is 11.6. The van der Waals surface area contributed by atoms with Crippen molar-refractivity contribution in [1.29, 1.82) is 0 Å². The zero-order chi connectivity index (χ0) is 15.3. The number of carbonyl (C=O) groups excluding carboxylic acids is 1. The summed E-state index contributed by atoms with van der Waals surface area (Å²) in [6.45, 7) is 1.55. The van der Waals surface area contributed by atoms with E-state index in [1.807, 2.05) is 6.07 Å². The maximum Gasteiger partial charge on any atom is 0.314 e. The van der Waals surface area contributed by atoms with E-state index in [2.05, 4.69) is 10.3 Å². The van der Waals surface area contributed by atoms with E-state index in [0.29, 0.717) is 11.3 Å². The quantitative estimate of drug-likeness (QED) is 0.884. The number of nitrogens with one attached hydrogen (secondary N) is 1. The molecule has 0 fully saturated rings. The number of anilines is 1. The molecule has 1 amide bonds. The average molecular weight is 284 g/mol. The molecule has 0 radical (unpaired) electrons. The van der Waals surface area contributed by atoms with Gasteiger partial charge >= 0.3 is 5.97 Å². The highest BCUT2D eigenvalue weighted by Gasteiger charge is 2.37. The van der Waals surface area contributed by atoms with Gasteiger partial charge in [-0.25, -0.2) is 0 Å². The van der Waals surface area contributed by atoms with E-state index < -0.39 is 11.4 Å². The Morgan fingerprint density at radius 2 is 1.76 bits per heavy atom. The first kappa shape index (κ1) is 14.7. The number of hydrogen-bond acceptors (Lipinski definition) is 3. The monoisotopic (exact) mass is 284 g/mol. The van der Waals surface area contributed by atoms with Crippen LogP contribution in [0.4, 0.5) is 5.69 Å². The van der Waals surface area contributed by atoms with E-state index in [9.17, 15) is 14.7 Å². The lowest BCUT2D eigenvalue weighted by atomic mass is 9.79. The Morgan fingerprint density at radius 3 is 2.33 bits per heavy atom. The molecular formula is C16H16N2O3. The Labute approximate surface area is 122 Å². The Hall–Kier alpha value is -2.69. The lowest BCUT2D eigenvalue weighted by Crippen LogP contribution is -2.36. The SMILES string of the molecule is CC(CC(=O)Nc1ccncc1)(C(=O)O)c1ccccc1. The molecule has 1 aromatic carbocycles. The van der Waals surface area contributed by atoms with Crippen LogP contribution in [-0.4, -0.2) is 22.0 Å². The fraction of sp³-hybridized carbons (Fsp3) is 0.188. The topological polar surface area (TPSA) is 79.3 Å². The van der Waals surface area contributed by atoms with Crippen LogP contribution in [0.1, 0.15) is 18.9 Å². The van der Waals surface area contributed by atoms with E-state index in [1.165, 1.54) is 0 Å². The van der Waals surface area contributed by atoms with Gasteiger partial charge in [-0.05, 0) is 24.6 Å². The summed E-state index contributed by atoms with van der Waals surface area (Å²) in [5.41, 5.74) is -0.0727. The molecule has 0 saturated carbocycles. The van der Waals surface area contributed by atoms with Crippen LogP contribution in [-0.2, 0) is 15.0 Å². The van der Waals surface area contributed by atoms with Crippen molar-refractivity contribution in [3.63, 3.8) is 0 Å². The molecule has 5 nitrogen and oxygen atoms in total. The molecule has 0 saturated heterocycles. The van der Waals surface area contributed by atoms with E-state index in [-0.39, 0.29) is 12.3 Å². The number of nitrogens with zero attached hydrogens (tertiary/aromatic N) is 1. The van der Waals surface area contributed by atoms with E-state index in [0.717, 1.165) is 0 Å². The smallest absolute Gasteiger partial charge is 0.314 e. The van der Waals surface area contributed by atoms with Gasteiger partial charge in [0, 0.05) is 24.5 Å². The molecule has 0 aliphatic rings. The molecular weight excluding hydrogens is 268 g/mol. The minimum Gasteiger partial charge on any atom is -0.481 e. The van der Waals surface area contributed by atoms with Crippen molar-refractivity contribution < 1.29 is 14.7 Å². The zero-order valence-corrected chi connectivity index (χ0v) is 11.6. The third-order valence-electron chi connectivity index (χ3n) is 3.36. The summed E-state index contributed by atoms with van der Waals surface area (Å²) in [6.07, 6.45) is 2.97. The molecule has 1 aromatic heterocycles. The predicted molar refractivity (Wildman–Crippen MR) is 78.9 cm³/mol. The molecule has 1 unspecified atom stereocenters. The molecule has 0 bridgehead atoms. The van der Waals surface area contributed by atoms with Crippen LogP contribution >= 0.6 is 0 Å². The molecule has 2 aromatic rings. The molecule has 108 valence electrons. The third kappa shape index (κ3) is 3.45. The Morgan fingerprint density at radius 1 is 1.14 bits per heavy atom. The number of hydrogen-bond donors (Lipinski definition) is 2. The molecule has 1 heterocycles. The molecule has 1 atom stereocenters. The van der Waals surface area contributed by atoms with Crippen LogP contribution in [0.15, 0.2) is 54.9 Å². The van der Waals surface area contributed by atoms with Crippen molar-refractivity contribution in [2.24, 2.45) is 0 Å². The minimum atomic E-state index is -1.27. The number of carboxylic acids is 1. The summed E-state index contributed by atoms with van der Waals surface area (Å²) < 4.78 is 0. The van der Waals surface area contributed by atoms with Crippen LogP contribution in [0.25, 0.3) is 0 Å². The summed E-state index contributed by atoms with van der Waals surface area (Å²) in [5, 5.41) is 12.2. The van der Waals surface area contributed by atoms with Crippen molar-refractivity contribution in [2.45, 2.75) is 18.8 Å². The second-order valence-electron chi connectivity index (χ2n) is 4.96. The van der Waals surface area contributed by atoms with Crippen molar-refractivity contribution in [3.05, 3.63) is 60.4 Å². The van der Waals surface area contributed by atoms with Crippen LogP contribution in [0, 0.1) is 0 Å². The highest BCUT2D eigenvalue weighted by atomic mass is 16.4. The number of rotatable bonds is 5. The number of carboxylic acid groups (broad SMARTS) is 1. The van der Waals surface area contributed by atoms with Gasteiger partial charge in [0.25, 0.3) is 0 Å². The van der Waals surface area contributed by atoms with Gasteiger partial charge in [0.15, 0.2) is 0 Å². The fourth-order valence-corrected chi connectivity index (χ4v) is 2.07. The van der Waals surface area contributed by atoms with Crippen molar-refractivity contribution in [2.75, 3.05) is 5.32 Å². The molecule has 2 rings (SSSR count). The highest BCUT2D eigenvalue weighted by molar-refractivity contribution is 5.96. The van der Waals surface area contributed by atoms with Gasteiger partial charge in [0.2, 0.25) is 5.91 Å². The number of aliphatic carboxylic acids is 1. The number of amides is 1. The summed E-state index contributed by atoms with van der Waals surface area (Å²) in [7, 11) is 0. The fourth-order valence-electron chi connectivity index (χ4n) is 2.07. The highest BCUT2D eigenvalue weighted by Crippen LogP contribution is 2.28. The Bertz CT molecular complexity index is 628. The van der Waals surface area contributed by atoms with E-state index in [1.54, 1.807) is 55.7 Å². The number of benzene rings is 1. The second kappa shape index (κ2) is 6.17. The third-order valence-corrected chi connectivity index (χ3v) is 3.36. The van der Waals surface area contributed by atoms with Crippen LogP contribution < -0.4 is 5.32 Å². The molecule has 0 spiro atoms. The number of aromatic nitrogens is 1. The van der Waals surface area contributed by atoms with Crippen LogP contribution in [0.5, 0.6) is 0 Å². The van der Waals surface area contributed by atoms with E-state index >= 15 is 0 Å². The maximum absolute atomic E-state index is 12.1. The van der Waals surface area contributed by atoms with Gasteiger partial charge in [-0.1, -0.05) is 30.3 Å². The predicted octanol–water partition coefficient (Wildman–Crippen LogP) is 2.45. The van der Waals surface area contributed by atoms with Gasteiger partial charge in [-0.2, -0.15) is 0 Å². The largest absolute Gasteiger partial charge is 0.481 e. The number of carbonyl (C=O) groups is 2. The van der Waals surface area contributed by atoms with Gasteiger partial charge in [-0.15, -0.1) is 0 Å². The van der Waals surface area contributed by atoms with Crippen molar-refractivity contribution in [3.8, 4) is 0 Å². The van der Waals surface area contributed by atoms with Crippen molar-refractivity contribution >= 4 is 17.6 Å². The van der Waals surface area contributed by atoms with Gasteiger partial charge in [0.1, 0.15) is 0 Å². The number of pyridine rings is 1. The Balaban J connectivity index is 2.17. The lowest BCUT2D eigenvalue weighted by Gasteiger charge is -2.24. The van der Waals surface area contributed by atoms with E-state index in [4.69, 9.17) is 0 Å². The first-order chi connectivity index (χ1) is 10.0. The van der Waals surface area contributed by atoms with Gasteiger partial charge in [-0.3, -0.25) is 14.6 Å². The van der Waals surface area contributed by atoms with Gasteiger partial charge in [0.05, 0.1) is 5.41 Å². The average Bonchev–Trinajstić information content (AvgIpc) is 2.48. The lowest BCUT2D eigenvalue weighted by molar-refractivity contribution is -0.145. The normalized spacial score (nSPS) is 13.2. The minimum absolute atomic E-state index is 0.144. The van der Waals surface area contributed by atoms with Crippen LogP contribution in [0.2, 0.25) is 0 Å².